The first-order valence-corrected chi connectivity index (χ1v) is 5.45. The van der Waals surface area contributed by atoms with Gasteiger partial charge in [0, 0.05) is 32.1 Å². The molecule has 4 heteroatoms. The zero-order chi connectivity index (χ0) is 10.1. The number of nitrogens with one attached hydrogen (secondary N) is 1. The second-order valence-corrected chi connectivity index (χ2v) is 4.44. The number of carbonyl (C=O) groups excluding carboxylic acids is 1. The lowest BCUT2D eigenvalue weighted by Gasteiger charge is -2.35. The Balaban J connectivity index is 1.96. The van der Waals surface area contributed by atoms with Crippen molar-refractivity contribution in [1.29, 1.82) is 0 Å². The Morgan fingerprint density at radius 2 is 2.36 bits per heavy atom. The van der Waals surface area contributed by atoms with E-state index < -0.39 is 0 Å². The molecule has 1 aliphatic heterocycles. The Labute approximate surface area is 84.8 Å². The summed E-state index contributed by atoms with van der Waals surface area (Å²) in [6.45, 7) is 5.29. The maximum Gasteiger partial charge on any atom is 0.226 e. The van der Waals surface area contributed by atoms with Gasteiger partial charge in [0.2, 0.25) is 5.91 Å². The number of amides is 1. The molecule has 0 bridgehead atoms. The number of rotatable bonds is 2. The fourth-order valence-corrected chi connectivity index (χ4v) is 2.14. The molecule has 1 aliphatic carbocycles. The summed E-state index contributed by atoms with van der Waals surface area (Å²) in [5, 5.41) is 3.27. The van der Waals surface area contributed by atoms with Crippen molar-refractivity contribution < 1.29 is 4.79 Å². The van der Waals surface area contributed by atoms with Gasteiger partial charge in [0.15, 0.2) is 0 Å². The van der Waals surface area contributed by atoms with Crippen molar-refractivity contribution in [3.63, 3.8) is 0 Å². The van der Waals surface area contributed by atoms with E-state index >= 15 is 0 Å². The van der Waals surface area contributed by atoms with Gasteiger partial charge in [-0.05, 0) is 12.3 Å². The SMILES string of the molecule is CC1CC1C(=O)N1CCNCC1CN. The Hall–Kier alpha value is -0.610. The third-order valence-electron chi connectivity index (χ3n) is 3.33. The van der Waals surface area contributed by atoms with E-state index in [4.69, 9.17) is 5.73 Å². The molecule has 3 atom stereocenters. The van der Waals surface area contributed by atoms with Crippen molar-refractivity contribution in [2.45, 2.75) is 19.4 Å². The predicted molar refractivity (Wildman–Crippen MR) is 54.7 cm³/mol. The number of piperazine rings is 1. The maximum atomic E-state index is 12.0. The van der Waals surface area contributed by atoms with E-state index in [0.29, 0.717) is 24.3 Å². The van der Waals surface area contributed by atoms with Gasteiger partial charge in [-0.1, -0.05) is 6.92 Å². The van der Waals surface area contributed by atoms with E-state index in [1.54, 1.807) is 0 Å². The quantitative estimate of drug-likeness (QED) is 0.621. The van der Waals surface area contributed by atoms with Crippen LogP contribution in [-0.4, -0.2) is 43.0 Å². The Morgan fingerprint density at radius 3 is 2.93 bits per heavy atom. The van der Waals surface area contributed by atoms with Crippen LogP contribution in [0, 0.1) is 11.8 Å². The minimum atomic E-state index is 0.212. The molecule has 1 saturated carbocycles. The third-order valence-corrected chi connectivity index (χ3v) is 3.33. The second kappa shape index (κ2) is 3.87. The molecule has 0 spiro atoms. The molecule has 2 fully saturated rings. The molecule has 1 heterocycles. The lowest BCUT2D eigenvalue weighted by atomic mass is 10.1. The first-order valence-electron chi connectivity index (χ1n) is 5.45. The molecule has 14 heavy (non-hydrogen) atoms. The molecule has 0 aromatic carbocycles. The maximum absolute atomic E-state index is 12.0. The molecular formula is C10H19N3O. The highest BCUT2D eigenvalue weighted by atomic mass is 16.2. The first-order chi connectivity index (χ1) is 6.74. The molecule has 0 aromatic heterocycles. The van der Waals surface area contributed by atoms with Crippen LogP contribution in [0.2, 0.25) is 0 Å². The van der Waals surface area contributed by atoms with Gasteiger partial charge in [-0.15, -0.1) is 0 Å². The van der Waals surface area contributed by atoms with Gasteiger partial charge in [-0.25, -0.2) is 0 Å². The number of carbonyl (C=O) groups is 1. The van der Waals surface area contributed by atoms with Crippen molar-refractivity contribution in [1.82, 2.24) is 10.2 Å². The average molecular weight is 197 g/mol. The Bertz CT molecular complexity index is 231. The molecule has 1 saturated heterocycles. The van der Waals surface area contributed by atoms with E-state index in [-0.39, 0.29) is 6.04 Å². The smallest absolute Gasteiger partial charge is 0.226 e. The van der Waals surface area contributed by atoms with Gasteiger partial charge in [0.25, 0.3) is 0 Å². The minimum Gasteiger partial charge on any atom is -0.336 e. The van der Waals surface area contributed by atoms with Crippen molar-refractivity contribution >= 4 is 5.91 Å². The molecule has 2 aliphatic rings. The van der Waals surface area contributed by atoms with Crippen LogP contribution < -0.4 is 11.1 Å². The van der Waals surface area contributed by atoms with Crippen molar-refractivity contribution in [3.05, 3.63) is 0 Å². The molecule has 0 aromatic rings. The highest BCUT2D eigenvalue weighted by Crippen LogP contribution is 2.39. The van der Waals surface area contributed by atoms with Gasteiger partial charge in [0.05, 0.1) is 6.04 Å². The van der Waals surface area contributed by atoms with E-state index in [1.807, 2.05) is 4.90 Å². The van der Waals surface area contributed by atoms with Crippen molar-refractivity contribution in [3.8, 4) is 0 Å². The molecule has 4 nitrogen and oxygen atoms in total. The lowest BCUT2D eigenvalue weighted by molar-refractivity contribution is -0.135. The summed E-state index contributed by atoms with van der Waals surface area (Å²) < 4.78 is 0. The fourth-order valence-electron chi connectivity index (χ4n) is 2.14. The second-order valence-electron chi connectivity index (χ2n) is 4.44. The monoisotopic (exact) mass is 197 g/mol. The minimum absolute atomic E-state index is 0.212. The summed E-state index contributed by atoms with van der Waals surface area (Å²) in [6.07, 6.45) is 1.07. The van der Waals surface area contributed by atoms with Gasteiger partial charge in [-0.2, -0.15) is 0 Å². The Kier molecular flexibility index (Phi) is 2.74. The molecule has 1 amide bonds. The standard InChI is InChI=1S/C10H19N3O/c1-7-4-9(7)10(14)13-3-2-12-6-8(13)5-11/h7-9,12H,2-6,11H2,1H3. The van der Waals surface area contributed by atoms with Crippen LogP contribution in [0.1, 0.15) is 13.3 Å². The number of hydrogen-bond acceptors (Lipinski definition) is 3. The zero-order valence-electron chi connectivity index (χ0n) is 8.70. The van der Waals surface area contributed by atoms with Crippen LogP contribution in [-0.2, 0) is 4.79 Å². The van der Waals surface area contributed by atoms with Crippen LogP contribution in [0.3, 0.4) is 0 Å². The van der Waals surface area contributed by atoms with Gasteiger partial charge >= 0.3 is 0 Å². The average Bonchev–Trinajstić information content (AvgIpc) is 2.94. The molecule has 3 unspecified atom stereocenters. The topological polar surface area (TPSA) is 58.4 Å². The van der Waals surface area contributed by atoms with Gasteiger partial charge < -0.3 is 16.0 Å². The van der Waals surface area contributed by atoms with Crippen molar-refractivity contribution in [2.24, 2.45) is 17.6 Å². The summed E-state index contributed by atoms with van der Waals surface area (Å²) >= 11 is 0. The molecule has 3 N–H and O–H groups in total. The van der Waals surface area contributed by atoms with Crippen molar-refractivity contribution in [2.75, 3.05) is 26.2 Å². The summed E-state index contributed by atoms with van der Waals surface area (Å²) in [6, 6.07) is 0.212. The van der Waals surface area contributed by atoms with Crippen LogP contribution in [0.5, 0.6) is 0 Å². The summed E-state index contributed by atoms with van der Waals surface area (Å²) in [4.78, 5) is 14.0. The fraction of sp³-hybridized carbons (Fsp3) is 0.900. The predicted octanol–water partition coefficient (Wildman–Crippen LogP) is -0.598. The summed E-state index contributed by atoms with van der Waals surface area (Å²) in [7, 11) is 0. The first kappa shape index (κ1) is 9.93. The summed E-state index contributed by atoms with van der Waals surface area (Å²) in [5.74, 6) is 1.22. The number of nitrogens with zero attached hydrogens (tertiary/aromatic N) is 1. The molecular weight excluding hydrogens is 178 g/mol. The Morgan fingerprint density at radius 1 is 1.64 bits per heavy atom. The number of nitrogens with two attached hydrogens (primary N) is 1. The van der Waals surface area contributed by atoms with Gasteiger partial charge in [0.1, 0.15) is 0 Å². The van der Waals surface area contributed by atoms with E-state index in [9.17, 15) is 4.79 Å². The zero-order valence-corrected chi connectivity index (χ0v) is 8.70. The highest BCUT2D eigenvalue weighted by Gasteiger charge is 2.43. The van der Waals surface area contributed by atoms with Crippen LogP contribution in [0.25, 0.3) is 0 Å². The molecule has 0 radical (unpaired) electrons. The van der Waals surface area contributed by atoms with Crippen LogP contribution >= 0.6 is 0 Å². The molecule has 2 rings (SSSR count). The van der Waals surface area contributed by atoms with Crippen LogP contribution in [0.4, 0.5) is 0 Å². The third kappa shape index (κ3) is 1.77. The van der Waals surface area contributed by atoms with Gasteiger partial charge in [-0.3, -0.25) is 4.79 Å². The number of hydrogen-bond donors (Lipinski definition) is 2. The summed E-state index contributed by atoms with van der Waals surface area (Å²) in [5.41, 5.74) is 5.65. The van der Waals surface area contributed by atoms with E-state index in [1.165, 1.54) is 0 Å². The van der Waals surface area contributed by atoms with Crippen LogP contribution in [0.15, 0.2) is 0 Å². The lowest BCUT2D eigenvalue weighted by Crippen LogP contribution is -2.56. The normalized spacial score (nSPS) is 37.0. The largest absolute Gasteiger partial charge is 0.336 e. The highest BCUT2D eigenvalue weighted by molar-refractivity contribution is 5.82. The van der Waals surface area contributed by atoms with E-state index in [2.05, 4.69) is 12.2 Å². The van der Waals surface area contributed by atoms with E-state index in [0.717, 1.165) is 26.1 Å². The molecule has 80 valence electrons.